The first kappa shape index (κ1) is 19.8. The first-order valence-corrected chi connectivity index (χ1v) is 8.99. The fourth-order valence-electron chi connectivity index (χ4n) is 2.96. The largest absolute Gasteiger partial charge is 0.487 e. The summed E-state index contributed by atoms with van der Waals surface area (Å²) in [6, 6.07) is 5.02. The fraction of sp³-hybridized carbons (Fsp3) is 0.556. The van der Waals surface area contributed by atoms with E-state index in [9.17, 15) is 14.9 Å². The second kappa shape index (κ2) is 9.86. The average Bonchev–Trinajstić information content (AvgIpc) is 2.65. The molecule has 0 saturated heterocycles. The zero-order chi connectivity index (χ0) is 18.9. The van der Waals surface area contributed by atoms with Gasteiger partial charge in [-0.1, -0.05) is 19.3 Å². The number of amides is 1. The van der Waals surface area contributed by atoms with E-state index in [1.54, 1.807) is 26.0 Å². The lowest BCUT2D eigenvalue weighted by molar-refractivity contribution is -0.385. The quantitative estimate of drug-likeness (QED) is 0.420. The first-order chi connectivity index (χ1) is 12.5. The number of nitrogens with zero attached hydrogens (tertiary/aromatic N) is 2. The van der Waals surface area contributed by atoms with Crippen molar-refractivity contribution in [3.05, 3.63) is 33.9 Å². The summed E-state index contributed by atoms with van der Waals surface area (Å²) in [5.74, 6) is -0.00914. The SMILES string of the molecule is CCOc1ccc(/C(C)=N\NC(=O)CNC2CCCCC2)cc1[N+](=O)[O-]. The van der Waals surface area contributed by atoms with Crippen molar-refractivity contribution < 1.29 is 14.5 Å². The Morgan fingerprint density at radius 2 is 2.08 bits per heavy atom. The van der Waals surface area contributed by atoms with Crippen LogP contribution in [-0.4, -0.2) is 35.7 Å². The molecule has 26 heavy (non-hydrogen) atoms. The zero-order valence-corrected chi connectivity index (χ0v) is 15.3. The Hall–Kier alpha value is -2.48. The minimum atomic E-state index is -0.492. The molecule has 0 atom stereocenters. The molecule has 0 spiro atoms. The maximum atomic E-state index is 11.9. The van der Waals surface area contributed by atoms with Gasteiger partial charge in [-0.05, 0) is 38.8 Å². The van der Waals surface area contributed by atoms with Crippen LogP contribution in [0, 0.1) is 10.1 Å². The lowest BCUT2D eigenvalue weighted by atomic mass is 9.95. The van der Waals surface area contributed by atoms with Crippen molar-refractivity contribution >= 4 is 17.3 Å². The summed E-state index contributed by atoms with van der Waals surface area (Å²) in [5.41, 5.74) is 3.42. The maximum absolute atomic E-state index is 11.9. The van der Waals surface area contributed by atoms with Gasteiger partial charge in [0.25, 0.3) is 5.91 Å². The van der Waals surface area contributed by atoms with E-state index in [1.165, 1.54) is 25.3 Å². The van der Waals surface area contributed by atoms with E-state index in [-0.39, 0.29) is 23.9 Å². The minimum Gasteiger partial charge on any atom is -0.487 e. The zero-order valence-electron chi connectivity index (χ0n) is 15.3. The maximum Gasteiger partial charge on any atom is 0.311 e. The lowest BCUT2D eigenvalue weighted by Crippen LogP contribution is -2.38. The summed E-state index contributed by atoms with van der Waals surface area (Å²) >= 11 is 0. The normalized spacial score (nSPS) is 15.5. The van der Waals surface area contributed by atoms with Gasteiger partial charge in [-0.3, -0.25) is 14.9 Å². The molecule has 1 aromatic rings. The van der Waals surface area contributed by atoms with Crippen LogP contribution in [0.3, 0.4) is 0 Å². The predicted molar refractivity (Wildman–Crippen MR) is 99.5 cm³/mol. The van der Waals surface area contributed by atoms with E-state index < -0.39 is 4.92 Å². The molecular formula is C18H26N4O4. The highest BCUT2D eigenvalue weighted by Crippen LogP contribution is 2.28. The monoisotopic (exact) mass is 362 g/mol. The van der Waals surface area contributed by atoms with Crippen molar-refractivity contribution in [3.8, 4) is 5.75 Å². The number of rotatable bonds is 8. The van der Waals surface area contributed by atoms with Crippen LogP contribution in [0.1, 0.15) is 51.5 Å². The van der Waals surface area contributed by atoms with Crippen molar-refractivity contribution in [2.24, 2.45) is 5.10 Å². The number of hydrazone groups is 1. The molecule has 1 aliphatic rings. The summed E-state index contributed by atoms with van der Waals surface area (Å²) in [4.78, 5) is 22.6. The number of hydrogen-bond donors (Lipinski definition) is 2. The summed E-state index contributed by atoms with van der Waals surface area (Å²) in [5, 5.41) is 18.5. The number of ether oxygens (including phenoxy) is 1. The van der Waals surface area contributed by atoms with Crippen LogP contribution in [0.25, 0.3) is 0 Å². The van der Waals surface area contributed by atoms with E-state index >= 15 is 0 Å². The summed E-state index contributed by atoms with van der Waals surface area (Å²) in [6.45, 7) is 4.01. The van der Waals surface area contributed by atoms with E-state index in [0.29, 0.717) is 23.9 Å². The van der Waals surface area contributed by atoms with Gasteiger partial charge in [0, 0.05) is 17.7 Å². The summed E-state index contributed by atoms with van der Waals surface area (Å²) in [6.07, 6.45) is 5.87. The highest BCUT2D eigenvalue weighted by Gasteiger charge is 2.17. The topological polar surface area (TPSA) is 106 Å². The van der Waals surface area contributed by atoms with Gasteiger partial charge in [-0.15, -0.1) is 0 Å². The van der Waals surface area contributed by atoms with Crippen LogP contribution in [-0.2, 0) is 4.79 Å². The smallest absolute Gasteiger partial charge is 0.311 e. The molecule has 2 rings (SSSR count). The molecule has 2 N–H and O–H groups in total. The van der Waals surface area contributed by atoms with E-state index in [1.807, 2.05) is 0 Å². The highest BCUT2D eigenvalue weighted by molar-refractivity contribution is 6.00. The Morgan fingerprint density at radius 1 is 1.35 bits per heavy atom. The molecule has 0 unspecified atom stereocenters. The van der Waals surface area contributed by atoms with E-state index in [2.05, 4.69) is 15.8 Å². The van der Waals surface area contributed by atoms with Gasteiger partial charge in [0.05, 0.1) is 23.8 Å². The van der Waals surface area contributed by atoms with Gasteiger partial charge >= 0.3 is 5.69 Å². The molecule has 1 fully saturated rings. The molecule has 1 amide bonds. The van der Waals surface area contributed by atoms with E-state index in [0.717, 1.165) is 12.8 Å². The Morgan fingerprint density at radius 3 is 2.73 bits per heavy atom. The fourth-order valence-corrected chi connectivity index (χ4v) is 2.96. The Bertz CT molecular complexity index is 669. The molecule has 1 aromatic carbocycles. The third kappa shape index (κ3) is 5.80. The van der Waals surface area contributed by atoms with Crippen LogP contribution >= 0.6 is 0 Å². The van der Waals surface area contributed by atoms with Crippen LogP contribution in [0.15, 0.2) is 23.3 Å². The molecule has 0 aromatic heterocycles. The summed E-state index contributed by atoms with van der Waals surface area (Å²) in [7, 11) is 0. The van der Waals surface area contributed by atoms with Crippen molar-refractivity contribution in [2.75, 3.05) is 13.2 Å². The van der Waals surface area contributed by atoms with Crippen molar-refractivity contribution in [2.45, 2.75) is 52.0 Å². The van der Waals surface area contributed by atoms with Crippen LogP contribution < -0.4 is 15.5 Å². The summed E-state index contributed by atoms with van der Waals surface area (Å²) < 4.78 is 5.26. The van der Waals surface area contributed by atoms with E-state index in [4.69, 9.17) is 4.74 Å². The lowest BCUT2D eigenvalue weighted by Gasteiger charge is -2.22. The molecule has 142 valence electrons. The number of nitrogens with one attached hydrogen (secondary N) is 2. The number of nitro groups is 1. The molecule has 1 aliphatic carbocycles. The molecule has 0 bridgehead atoms. The molecule has 8 nitrogen and oxygen atoms in total. The Labute approximate surface area is 153 Å². The second-order valence-corrected chi connectivity index (χ2v) is 6.32. The number of nitro benzene ring substituents is 1. The first-order valence-electron chi connectivity index (χ1n) is 8.99. The van der Waals surface area contributed by atoms with Gasteiger partial charge in [0.2, 0.25) is 0 Å². The number of hydrogen-bond acceptors (Lipinski definition) is 6. The molecule has 1 saturated carbocycles. The third-order valence-electron chi connectivity index (χ3n) is 4.38. The second-order valence-electron chi connectivity index (χ2n) is 6.32. The van der Waals surface area contributed by atoms with Gasteiger partial charge in [-0.25, -0.2) is 5.43 Å². The van der Waals surface area contributed by atoms with Crippen molar-refractivity contribution in [3.63, 3.8) is 0 Å². The minimum absolute atomic E-state index is 0.121. The highest BCUT2D eigenvalue weighted by atomic mass is 16.6. The third-order valence-corrected chi connectivity index (χ3v) is 4.38. The van der Waals surface area contributed by atoms with Crippen molar-refractivity contribution in [1.82, 2.24) is 10.7 Å². The molecular weight excluding hydrogens is 336 g/mol. The van der Waals surface area contributed by atoms with Crippen molar-refractivity contribution in [1.29, 1.82) is 0 Å². The number of carbonyl (C=O) groups is 1. The molecule has 0 radical (unpaired) electrons. The average molecular weight is 362 g/mol. The van der Waals surface area contributed by atoms with Crippen LogP contribution in [0.5, 0.6) is 5.75 Å². The van der Waals surface area contributed by atoms with Crippen LogP contribution in [0.2, 0.25) is 0 Å². The predicted octanol–water partition coefficient (Wildman–Crippen LogP) is 2.76. The Balaban J connectivity index is 1.94. The van der Waals surface area contributed by atoms with Gasteiger partial charge < -0.3 is 10.1 Å². The molecule has 8 heteroatoms. The van der Waals surface area contributed by atoms with Gasteiger partial charge in [0.1, 0.15) is 0 Å². The van der Waals surface area contributed by atoms with Crippen LogP contribution in [0.4, 0.5) is 5.69 Å². The number of carbonyl (C=O) groups excluding carboxylic acids is 1. The molecule has 0 aliphatic heterocycles. The van der Waals surface area contributed by atoms with Gasteiger partial charge in [-0.2, -0.15) is 5.10 Å². The molecule has 0 heterocycles. The Kier molecular flexibility index (Phi) is 7.53. The van der Waals surface area contributed by atoms with Gasteiger partial charge in [0.15, 0.2) is 5.75 Å². The number of benzene rings is 1. The standard InChI is InChI=1S/C18H26N4O4/c1-3-26-17-10-9-14(11-16(17)22(24)25)13(2)20-21-18(23)12-19-15-7-5-4-6-8-15/h9-11,15,19H,3-8,12H2,1-2H3,(H,21,23)/b20-13-.